The Morgan fingerprint density at radius 2 is 2.27 bits per heavy atom. The summed E-state index contributed by atoms with van der Waals surface area (Å²) in [6.07, 6.45) is 1.18. The van der Waals surface area contributed by atoms with Gasteiger partial charge in [-0.3, -0.25) is 4.79 Å². The number of halogens is 1. The van der Waals surface area contributed by atoms with Crippen molar-refractivity contribution in [1.29, 1.82) is 0 Å². The quantitative estimate of drug-likeness (QED) is 0.814. The fraction of sp³-hybridized carbons (Fsp3) is 0.364. The maximum Gasteiger partial charge on any atom is 0.303 e. The van der Waals surface area contributed by atoms with Crippen molar-refractivity contribution in [1.82, 2.24) is 0 Å². The fourth-order valence-corrected chi connectivity index (χ4v) is 1.31. The van der Waals surface area contributed by atoms with Crippen LogP contribution in [0.2, 0.25) is 0 Å². The van der Waals surface area contributed by atoms with E-state index in [4.69, 9.17) is 9.84 Å². The molecule has 0 bridgehead atoms. The predicted molar refractivity (Wildman–Crippen MR) is 53.5 cm³/mol. The van der Waals surface area contributed by atoms with E-state index in [2.05, 4.69) is 0 Å². The zero-order valence-corrected chi connectivity index (χ0v) is 8.50. The molecule has 1 aromatic carbocycles. The van der Waals surface area contributed by atoms with E-state index >= 15 is 0 Å². The zero-order valence-electron chi connectivity index (χ0n) is 8.50. The summed E-state index contributed by atoms with van der Waals surface area (Å²) in [5, 5.41) is 8.43. The average Bonchev–Trinajstić information content (AvgIpc) is 2.17. The Hall–Kier alpha value is -1.58. The molecule has 0 saturated heterocycles. The molecule has 1 N–H and O–H groups in total. The fourth-order valence-electron chi connectivity index (χ4n) is 1.31. The maximum absolute atomic E-state index is 13.2. The number of carboxylic acids is 1. The molecule has 0 spiro atoms. The van der Waals surface area contributed by atoms with Crippen LogP contribution in [0.4, 0.5) is 4.39 Å². The van der Waals surface area contributed by atoms with Crippen LogP contribution in [-0.2, 0) is 11.2 Å². The molecule has 15 heavy (non-hydrogen) atoms. The molecular formula is C11H13FO3. The molecule has 0 aromatic heterocycles. The van der Waals surface area contributed by atoms with Crippen LogP contribution in [-0.4, -0.2) is 18.2 Å². The first kappa shape index (κ1) is 11.5. The van der Waals surface area contributed by atoms with E-state index in [0.717, 1.165) is 5.56 Å². The molecule has 1 rings (SSSR count). The molecule has 0 unspecified atom stereocenters. The molecule has 0 heterocycles. The van der Waals surface area contributed by atoms with Gasteiger partial charge in [0.2, 0.25) is 0 Å². The summed E-state index contributed by atoms with van der Waals surface area (Å²) in [7, 11) is 1.41. The van der Waals surface area contributed by atoms with Gasteiger partial charge in [-0.15, -0.1) is 0 Å². The molecule has 0 radical (unpaired) electrons. The van der Waals surface area contributed by atoms with Gasteiger partial charge in [-0.1, -0.05) is 6.07 Å². The van der Waals surface area contributed by atoms with Crippen molar-refractivity contribution >= 4 is 5.97 Å². The first-order valence-corrected chi connectivity index (χ1v) is 4.67. The number of carbonyl (C=O) groups is 1. The summed E-state index contributed by atoms with van der Waals surface area (Å²) < 4.78 is 18.0. The number of hydrogen-bond donors (Lipinski definition) is 1. The van der Waals surface area contributed by atoms with Gasteiger partial charge in [-0.25, -0.2) is 4.39 Å². The predicted octanol–water partition coefficient (Wildman–Crippen LogP) is 2.24. The summed E-state index contributed by atoms with van der Waals surface area (Å²) >= 11 is 0. The molecule has 82 valence electrons. The number of methoxy groups -OCH3 is 1. The van der Waals surface area contributed by atoms with Crippen molar-refractivity contribution in [3.8, 4) is 5.75 Å². The molecule has 0 saturated carbocycles. The SMILES string of the molecule is COc1ccc(CCCC(=O)O)cc1F. The second-order valence-electron chi connectivity index (χ2n) is 3.22. The van der Waals surface area contributed by atoms with E-state index in [1.807, 2.05) is 0 Å². The van der Waals surface area contributed by atoms with Crippen LogP contribution in [0.25, 0.3) is 0 Å². The highest BCUT2D eigenvalue weighted by molar-refractivity contribution is 5.66. The van der Waals surface area contributed by atoms with Crippen molar-refractivity contribution in [3.63, 3.8) is 0 Å². The molecule has 0 atom stereocenters. The first-order chi connectivity index (χ1) is 7.13. The smallest absolute Gasteiger partial charge is 0.303 e. The maximum atomic E-state index is 13.2. The summed E-state index contributed by atoms with van der Waals surface area (Å²) in [6, 6.07) is 4.66. The molecule has 0 aliphatic rings. The largest absolute Gasteiger partial charge is 0.494 e. The average molecular weight is 212 g/mol. The van der Waals surface area contributed by atoms with Crippen LogP contribution in [0.1, 0.15) is 18.4 Å². The second-order valence-corrected chi connectivity index (χ2v) is 3.22. The van der Waals surface area contributed by atoms with Crippen LogP contribution in [0, 0.1) is 5.82 Å². The third kappa shape index (κ3) is 3.58. The minimum absolute atomic E-state index is 0.105. The summed E-state index contributed by atoms with van der Waals surface area (Å²) in [6.45, 7) is 0. The summed E-state index contributed by atoms with van der Waals surface area (Å²) in [5.41, 5.74) is 0.787. The lowest BCUT2D eigenvalue weighted by Crippen LogP contribution is -1.96. The third-order valence-electron chi connectivity index (χ3n) is 2.07. The molecule has 0 aliphatic heterocycles. The van der Waals surface area contributed by atoms with Gasteiger partial charge in [0, 0.05) is 6.42 Å². The number of carboxylic acid groups (broad SMARTS) is 1. The molecule has 0 amide bonds. The highest BCUT2D eigenvalue weighted by Gasteiger charge is 2.04. The van der Waals surface area contributed by atoms with Gasteiger partial charge >= 0.3 is 5.97 Å². The van der Waals surface area contributed by atoms with Crippen molar-refractivity contribution in [3.05, 3.63) is 29.6 Å². The van der Waals surface area contributed by atoms with Crippen molar-refractivity contribution in [2.45, 2.75) is 19.3 Å². The highest BCUT2D eigenvalue weighted by Crippen LogP contribution is 2.18. The van der Waals surface area contributed by atoms with Crippen molar-refractivity contribution in [2.75, 3.05) is 7.11 Å². The van der Waals surface area contributed by atoms with Gasteiger partial charge in [0.25, 0.3) is 0 Å². The van der Waals surface area contributed by atoms with Gasteiger partial charge < -0.3 is 9.84 Å². The Bertz CT molecular complexity index is 350. The first-order valence-electron chi connectivity index (χ1n) is 4.67. The van der Waals surface area contributed by atoms with E-state index in [1.54, 1.807) is 12.1 Å². The molecule has 1 aromatic rings. The Kier molecular flexibility index (Phi) is 4.09. The molecule has 3 nitrogen and oxygen atoms in total. The highest BCUT2D eigenvalue weighted by atomic mass is 19.1. The number of aliphatic carboxylic acids is 1. The van der Waals surface area contributed by atoms with Crippen LogP contribution in [0.15, 0.2) is 18.2 Å². The number of benzene rings is 1. The van der Waals surface area contributed by atoms with Gasteiger partial charge in [-0.05, 0) is 30.5 Å². The lowest BCUT2D eigenvalue weighted by atomic mass is 10.1. The van der Waals surface area contributed by atoms with Crippen molar-refractivity contribution < 1.29 is 19.0 Å². The second kappa shape index (κ2) is 5.34. The van der Waals surface area contributed by atoms with E-state index in [1.165, 1.54) is 13.2 Å². The van der Waals surface area contributed by atoms with E-state index in [-0.39, 0.29) is 12.2 Å². The third-order valence-corrected chi connectivity index (χ3v) is 2.07. The molecule has 4 heteroatoms. The van der Waals surface area contributed by atoms with Gasteiger partial charge in [-0.2, -0.15) is 0 Å². The van der Waals surface area contributed by atoms with Crippen LogP contribution in [0.3, 0.4) is 0 Å². The van der Waals surface area contributed by atoms with Crippen molar-refractivity contribution in [2.24, 2.45) is 0 Å². The van der Waals surface area contributed by atoms with Crippen LogP contribution < -0.4 is 4.74 Å². The number of hydrogen-bond acceptors (Lipinski definition) is 2. The van der Waals surface area contributed by atoms with E-state index in [0.29, 0.717) is 12.8 Å². The lowest BCUT2D eigenvalue weighted by molar-refractivity contribution is -0.137. The Balaban J connectivity index is 2.55. The monoisotopic (exact) mass is 212 g/mol. The Labute approximate surface area is 87.5 Å². The van der Waals surface area contributed by atoms with Gasteiger partial charge in [0.1, 0.15) is 0 Å². The molecular weight excluding hydrogens is 199 g/mol. The van der Waals surface area contributed by atoms with E-state index in [9.17, 15) is 9.18 Å². The van der Waals surface area contributed by atoms with Gasteiger partial charge in [0.05, 0.1) is 7.11 Å². The topological polar surface area (TPSA) is 46.5 Å². The Morgan fingerprint density at radius 3 is 2.80 bits per heavy atom. The summed E-state index contributed by atoms with van der Waals surface area (Å²) in [4.78, 5) is 10.3. The van der Waals surface area contributed by atoms with Gasteiger partial charge in [0.15, 0.2) is 11.6 Å². The minimum Gasteiger partial charge on any atom is -0.494 e. The standard InChI is InChI=1S/C11H13FO3/c1-15-10-6-5-8(7-9(10)12)3-2-4-11(13)14/h5-7H,2-4H2,1H3,(H,13,14). The minimum atomic E-state index is -0.830. The number of ether oxygens (including phenoxy) is 1. The lowest BCUT2D eigenvalue weighted by Gasteiger charge is -2.04. The number of rotatable bonds is 5. The molecule has 0 aliphatic carbocycles. The number of aryl methyl sites for hydroxylation is 1. The van der Waals surface area contributed by atoms with E-state index < -0.39 is 11.8 Å². The Morgan fingerprint density at radius 1 is 1.53 bits per heavy atom. The summed E-state index contributed by atoms with van der Waals surface area (Å²) in [5.74, 6) is -1.04. The molecule has 0 fully saturated rings. The normalized spacial score (nSPS) is 10.0. The van der Waals surface area contributed by atoms with Crippen LogP contribution >= 0.6 is 0 Å². The zero-order chi connectivity index (χ0) is 11.3. The van der Waals surface area contributed by atoms with Crippen LogP contribution in [0.5, 0.6) is 5.75 Å².